The minimum Gasteiger partial charge on any atom is -0.265 e. The zero-order chi connectivity index (χ0) is 17.2. The van der Waals surface area contributed by atoms with E-state index in [1.54, 1.807) is 12.4 Å². The fourth-order valence-electron chi connectivity index (χ4n) is 2.11. The Morgan fingerprint density at radius 1 is 0.826 bits per heavy atom. The van der Waals surface area contributed by atoms with Crippen LogP contribution in [0.2, 0.25) is 0 Å². The maximum atomic E-state index is 11.5. The lowest BCUT2D eigenvalue weighted by molar-refractivity contribution is 0.00288. The molecule has 0 saturated carbocycles. The highest BCUT2D eigenvalue weighted by atomic mass is 32.2. The number of pyridine rings is 1. The molecular formula is C17H30FNO3S. The predicted octanol–water partition coefficient (Wildman–Crippen LogP) is 5.22. The highest BCUT2D eigenvalue weighted by Crippen LogP contribution is 2.11. The van der Waals surface area contributed by atoms with Gasteiger partial charge in [-0.2, -0.15) is 8.42 Å². The van der Waals surface area contributed by atoms with Crippen molar-refractivity contribution in [2.24, 2.45) is 0 Å². The van der Waals surface area contributed by atoms with E-state index in [0.29, 0.717) is 6.42 Å². The maximum absolute atomic E-state index is 11.5. The lowest BCUT2D eigenvalue weighted by Gasteiger charge is -2.01. The Morgan fingerprint density at radius 3 is 1.65 bits per heavy atom. The molecule has 0 fully saturated rings. The first-order chi connectivity index (χ1) is 11.1. The average Bonchev–Trinajstić information content (AvgIpc) is 2.59. The smallest absolute Gasteiger partial charge is 0.265 e. The Bertz CT molecular complexity index is 414. The number of unbranched alkanes of at least 4 members (excludes halogenated alkanes) is 9. The standard InChI is InChI=1S/C12H25FO3S.C5H5N/c1-2-3-4-5-6-7-8-9-10-11-12-17(14,15)16-13;1-2-4-6-5-3-1/h2-12H2,1H3;1-5H. The molecular weight excluding hydrogens is 317 g/mol. The van der Waals surface area contributed by atoms with Crippen LogP contribution in [0.4, 0.5) is 4.53 Å². The van der Waals surface area contributed by atoms with Crippen molar-refractivity contribution in [2.75, 3.05) is 5.75 Å². The normalized spacial score (nSPS) is 10.9. The third-order valence-electron chi connectivity index (χ3n) is 3.41. The zero-order valence-corrected chi connectivity index (χ0v) is 14.9. The van der Waals surface area contributed by atoms with Gasteiger partial charge >= 0.3 is 0 Å². The number of aromatic nitrogens is 1. The monoisotopic (exact) mass is 347 g/mol. The highest BCUT2D eigenvalue weighted by molar-refractivity contribution is 7.86. The van der Waals surface area contributed by atoms with E-state index in [4.69, 9.17) is 0 Å². The molecule has 1 aromatic rings. The molecule has 1 aromatic heterocycles. The van der Waals surface area contributed by atoms with E-state index in [-0.39, 0.29) is 5.75 Å². The first-order valence-electron chi connectivity index (χ1n) is 8.50. The van der Waals surface area contributed by atoms with Crippen molar-refractivity contribution < 1.29 is 17.3 Å². The molecule has 134 valence electrons. The van der Waals surface area contributed by atoms with E-state index < -0.39 is 10.1 Å². The number of rotatable bonds is 12. The van der Waals surface area contributed by atoms with Crippen LogP contribution >= 0.6 is 0 Å². The third kappa shape index (κ3) is 17.2. The van der Waals surface area contributed by atoms with E-state index in [0.717, 1.165) is 19.3 Å². The number of hydrogen-bond donors (Lipinski definition) is 0. The molecule has 6 heteroatoms. The molecule has 1 heterocycles. The Hall–Kier alpha value is -1.01. The summed E-state index contributed by atoms with van der Waals surface area (Å²) < 4.78 is 35.6. The van der Waals surface area contributed by atoms with Crippen LogP contribution in [0.5, 0.6) is 0 Å². The van der Waals surface area contributed by atoms with Gasteiger partial charge in [-0.05, 0) is 23.1 Å². The molecule has 0 atom stereocenters. The number of halogens is 1. The topological polar surface area (TPSA) is 56.3 Å². The molecule has 0 aliphatic rings. The lowest BCUT2D eigenvalue weighted by atomic mass is 10.1. The van der Waals surface area contributed by atoms with Gasteiger partial charge in [0, 0.05) is 12.4 Å². The summed E-state index contributed by atoms with van der Waals surface area (Å²) in [5, 5.41) is 0. The second kappa shape index (κ2) is 15.9. The van der Waals surface area contributed by atoms with Gasteiger partial charge < -0.3 is 0 Å². The fraction of sp³-hybridized carbons (Fsp3) is 0.706. The van der Waals surface area contributed by atoms with Crippen molar-refractivity contribution >= 4 is 10.1 Å². The quantitative estimate of drug-likeness (QED) is 0.486. The zero-order valence-electron chi connectivity index (χ0n) is 14.1. The summed E-state index contributed by atoms with van der Waals surface area (Å²) in [7, 11) is -3.89. The first-order valence-corrected chi connectivity index (χ1v) is 10.1. The van der Waals surface area contributed by atoms with E-state index >= 15 is 0 Å². The molecule has 23 heavy (non-hydrogen) atoms. The third-order valence-corrected chi connectivity index (χ3v) is 4.39. The molecule has 0 saturated heterocycles. The number of nitrogens with zero attached hydrogens (tertiary/aromatic N) is 1. The molecule has 0 bridgehead atoms. The van der Waals surface area contributed by atoms with Crippen molar-refractivity contribution in [1.82, 2.24) is 4.98 Å². The van der Waals surface area contributed by atoms with Crippen molar-refractivity contribution in [1.29, 1.82) is 0 Å². The molecule has 0 N–H and O–H groups in total. The molecule has 0 aromatic carbocycles. The van der Waals surface area contributed by atoms with Gasteiger partial charge in [-0.25, -0.2) is 0 Å². The molecule has 0 unspecified atom stereocenters. The molecule has 0 radical (unpaired) electrons. The molecule has 0 spiro atoms. The molecule has 0 amide bonds. The minimum absolute atomic E-state index is 0.208. The van der Waals surface area contributed by atoms with Crippen LogP contribution in [0.25, 0.3) is 0 Å². The van der Waals surface area contributed by atoms with Crippen LogP contribution in [0, 0.1) is 0 Å². The van der Waals surface area contributed by atoms with Gasteiger partial charge in [0.05, 0.1) is 5.75 Å². The van der Waals surface area contributed by atoms with Gasteiger partial charge in [-0.3, -0.25) is 4.98 Å². The van der Waals surface area contributed by atoms with Crippen LogP contribution in [0.3, 0.4) is 0 Å². The Balaban J connectivity index is 0.000000664. The van der Waals surface area contributed by atoms with Crippen molar-refractivity contribution in [2.45, 2.75) is 71.1 Å². The van der Waals surface area contributed by atoms with Gasteiger partial charge in [0.2, 0.25) is 0 Å². The molecule has 0 aliphatic carbocycles. The maximum Gasteiger partial charge on any atom is 0.297 e. The molecule has 4 nitrogen and oxygen atoms in total. The Kier molecular flexibility index (Phi) is 15.2. The van der Waals surface area contributed by atoms with Gasteiger partial charge in [-0.15, -0.1) is 0 Å². The van der Waals surface area contributed by atoms with Gasteiger partial charge in [0.25, 0.3) is 10.1 Å². The Labute approximate surface area is 140 Å². The van der Waals surface area contributed by atoms with Gasteiger partial charge in [0.1, 0.15) is 0 Å². The molecule has 1 rings (SSSR count). The van der Waals surface area contributed by atoms with Crippen molar-refractivity contribution in [3.8, 4) is 0 Å². The van der Waals surface area contributed by atoms with E-state index in [1.165, 1.54) is 38.5 Å². The van der Waals surface area contributed by atoms with E-state index in [9.17, 15) is 12.9 Å². The predicted molar refractivity (Wildman–Crippen MR) is 92.1 cm³/mol. The van der Waals surface area contributed by atoms with Gasteiger partial charge in [0.15, 0.2) is 0 Å². The minimum atomic E-state index is -3.89. The van der Waals surface area contributed by atoms with Crippen LogP contribution < -0.4 is 0 Å². The second-order valence-corrected chi connectivity index (χ2v) is 7.18. The van der Waals surface area contributed by atoms with Crippen LogP contribution in [0.1, 0.15) is 71.1 Å². The second-order valence-electron chi connectivity index (χ2n) is 5.53. The summed E-state index contributed by atoms with van der Waals surface area (Å²) in [6.07, 6.45) is 14.7. The van der Waals surface area contributed by atoms with Crippen molar-refractivity contribution in [3.63, 3.8) is 0 Å². The number of hydrogen-bond acceptors (Lipinski definition) is 4. The fourth-order valence-corrected chi connectivity index (χ4v) is 2.73. The summed E-state index contributed by atoms with van der Waals surface area (Å²) in [5.41, 5.74) is 0. The molecule has 0 aliphatic heterocycles. The van der Waals surface area contributed by atoms with E-state index in [2.05, 4.69) is 16.3 Å². The SMILES string of the molecule is CCCCCCCCCCCCS(=O)(=O)OF.c1ccncc1. The summed E-state index contributed by atoms with van der Waals surface area (Å²) in [6.45, 7) is 2.20. The average molecular weight is 347 g/mol. The van der Waals surface area contributed by atoms with Crippen molar-refractivity contribution in [3.05, 3.63) is 30.6 Å². The largest absolute Gasteiger partial charge is 0.297 e. The first kappa shape index (κ1) is 22.0. The van der Waals surface area contributed by atoms with Crippen LogP contribution in [0.15, 0.2) is 30.6 Å². The lowest BCUT2D eigenvalue weighted by Crippen LogP contribution is -2.05. The summed E-state index contributed by atoms with van der Waals surface area (Å²) in [4.78, 5) is 3.78. The van der Waals surface area contributed by atoms with Crippen LogP contribution in [-0.4, -0.2) is 19.2 Å². The van der Waals surface area contributed by atoms with Crippen LogP contribution in [-0.2, 0) is 14.5 Å². The highest BCUT2D eigenvalue weighted by Gasteiger charge is 2.10. The summed E-state index contributed by atoms with van der Waals surface area (Å²) in [6, 6.07) is 5.72. The van der Waals surface area contributed by atoms with E-state index in [1.807, 2.05) is 18.2 Å². The summed E-state index contributed by atoms with van der Waals surface area (Å²) >= 11 is 0. The Morgan fingerprint density at radius 2 is 1.30 bits per heavy atom. The summed E-state index contributed by atoms with van der Waals surface area (Å²) in [5.74, 6) is -0.208. The van der Waals surface area contributed by atoms with Gasteiger partial charge in [-0.1, -0.05) is 75.2 Å².